The fourth-order valence-electron chi connectivity index (χ4n) is 8.32. The number of piperidine rings is 2. The molecular formula is C35H43ClF2I3N6O2SU-3. The van der Waals surface area contributed by atoms with Gasteiger partial charge in [0.05, 0.1) is 0 Å². The molecule has 0 saturated carbocycles. The SMILES string of the molecule is CN1C2CCC1CC(N1CCN(C(=N)[C@@H](Cc3cc(Cl)[c-]c(C(F)(F)I)c3)[I-]CC(=O)N3CCC(N4Cc5sccc5[I-]C4=O)CC3)CC1)C2.[U]. The van der Waals surface area contributed by atoms with Crippen LogP contribution in [0.3, 0.4) is 0 Å². The minimum absolute atomic E-state index is 0. The van der Waals surface area contributed by atoms with E-state index in [1.165, 1.54) is 40.2 Å². The van der Waals surface area contributed by atoms with Crippen LogP contribution in [0.4, 0.5) is 13.6 Å². The van der Waals surface area contributed by atoms with E-state index in [9.17, 15) is 23.8 Å². The summed E-state index contributed by atoms with van der Waals surface area (Å²) in [5, 5.41) is 11.6. The number of fused-ring (bicyclic) bond motifs is 3. The van der Waals surface area contributed by atoms with E-state index in [1.54, 1.807) is 17.4 Å². The minimum atomic E-state index is -3.10. The standard InChI is InChI=1S/C35H43ClF2I3N6O2S.U/c1-43-26-2-3-27(43)19-28(18-26)44-9-11-46(12-10-44)33(42)30(16-22-14-23(35(37,38)39)17-24(36)15-22)40-20-32(48)45-7-4-25(5-8-45)47-21-31-29(6-13-50-31)41-34(47)49;/h6,13-15,25-28,30,42H,2-5,7-12,16,18-21H2,1H3;/q-3;/t26?,27?,28?,30-;/m1./s1. The molecule has 2 amide bonds. The van der Waals surface area contributed by atoms with E-state index < -0.39 is 46.3 Å². The largest absolute Gasteiger partial charge is 0 e. The molecule has 1 aromatic heterocycles. The number of nitrogens with zero attached hydrogens (tertiary/aromatic N) is 5. The summed E-state index contributed by atoms with van der Waals surface area (Å²) >= 11 is 7.66. The van der Waals surface area contributed by atoms with Crippen LogP contribution in [0.1, 0.15) is 54.5 Å². The quantitative estimate of drug-likeness (QED) is 0.0718. The molecule has 280 valence electrons. The van der Waals surface area contributed by atoms with Crippen molar-refractivity contribution >= 4 is 61.2 Å². The van der Waals surface area contributed by atoms with Crippen LogP contribution in [0.2, 0.25) is 5.02 Å². The molecule has 8 nitrogen and oxygen atoms in total. The van der Waals surface area contributed by atoms with Gasteiger partial charge >= 0.3 is 340 Å². The predicted molar refractivity (Wildman–Crippen MR) is 193 cm³/mol. The van der Waals surface area contributed by atoms with E-state index in [-0.39, 0.29) is 61.5 Å². The number of carbonyl (C=O) groups excluding carboxylic acids is 2. The van der Waals surface area contributed by atoms with Crippen molar-refractivity contribution in [1.29, 1.82) is 5.41 Å². The van der Waals surface area contributed by atoms with Gasteiger partial charge in [-0.1, -0.05) is 0 Å². The van der Waals surface area contributed by atoms with Crippen LogP contribution in [0.5, 0.6) is 0 Å². The number of amides is 2. The van der Waals surface area contributed by atoms with Crippen molar-refractivity contribution in [3.8, 4) is 0 Å². The summed E-state index contributed by atoms with van der Waals surface area (Å²) in [5.41, 5.74) is 0.402. The number of likely N-dealkylation sites (tertiary alicyclic amines) is 1. The number of carbonyl (C=O) groups is 2. The molecule has 1 N–H and O–H groups in total. The van der Waals surface area contributed by atoms with Crippen LogP contribution < -0.4 is 42.4 Å². The molecule has 51 heavy (non-hydrogen) atoms. The third kappa shape index (κ3) is 9.79. The molecule has 0 radical (unpaired) electrons. The van der Waals surface area contributed by atoms with Gasteiger partial charge in [0, 0.05) is 31.1 Å². The van der Waals surface area contributed by atoms with Crippen molar-refractivity contribution in [1.82, 2.24) is 24.5 Å². The third-order valence-electron chi connectivity index (χ3n) is 11.2. The molecular weight excluding hydrogens is 1260 g/mol. The minimum Gasteiger partial charge on any atom is 0 e. The maximum atomic E-state index is 14.3. The number of halogens is 6. The van der Waals surface area contributed by atoms with Gasteiger partial charge in [0.1, 0.15) is 0 Å². The Balaban J connectivity index is 0.00000448. The number of alkyl halides is 5. The van der Waals surface area contributed by atoms with E-state index in [2.05, 4.69) is 44.2 Å². The van der Waals surface area contributed by atoms with Gasteiger partial charge in [-0.3, -0.25) is 0 Å². The molecule has 2 unspecified atom stereocenters. The first-order valence-corrected chi connectivity index (χ1v) is 24.6. The van der Waals surface area contributed by atoms with Gasteiger partial charge in [-0.15, -0.1) is 0 Å². The molecule has 5 aliphatic rings. The zero-order chi connectivity index (χ0) is 35.2. The summed E-state index contributed by atoms with van der Waals surface area (Å²) in [5.74, 6) is 0.631. The molecule has 6 heterocycles. The van der Waals surface area contributed by atoms with Gasteiger partial charge < -0.3 is 0 Å². The maximum absolute atomic E-state index is 14.3. The van der Waals surface area contributed by atoms with Crippen molar-refractivity contribution in [2.75, 3.05) is 50.7 Å². The number of nitrogens with one attached hydrogen (secondary N) is 1. The first-order chi connectivity index (χ1) is 23.9. The molecule has 0 spiro atoms. The number of amidine groups is 1. The zero-order valence-electron chi connectivity index (χ0n) is 28.5. The van der Waals surface area contributed by atoms with E-state index in [4.69, 9.17) is 11.6 Å². The van der Waals surface area contributed by atoms with Crippen molar-refractivity contribution in [3.05, 3.63) is 54.2 Å². The van der Waals surface area contributed by atoms with E-state index in [1.807, 2.05) is 4.90 Å². The fraction of sp³-hybridized carbons (Fsp3) is 0.629. The fourth-order valence-corrected chi connectivity index (χ4v) is 15.7. The topological polar surface area (TPSA) is 74.2 Å². The first kappa shape index (κ1) is 41.3. The molecule has 16 heteroatoms. The van der Waals surface area contributed by atoms with E-state index in [0.29, 0.717) is 60.0 Å². The van der Waals surface area contributed by atoms with Crippen molar-refractivity contribution in [2.24, 2.45) is 0 Å². The second kappa shape index (κ2) is 17.8. The molecule has 0 aliphatic carbocycles. The maximum Gasteiger partial charge on any atom is 0 e. The molecule has 3 atom stereocenters. The number of piperazine rings is 1. The van der Waals surface area contributed by atoms with E-state index >= 15 is 0 Å². The summed E-state index contributed by atoms with van der Waals surface area (Å²) in [7, 11) is 2.27. The second-order valence-electron chi connectivity index (χ2n) is 14.1. The second-order valence-corrected chi connectivity index (χ2v) is 22.6. The first-order valence-electron chi connectivity index (χ1n) is 17.4. The average molecular weight is 1300 g/mol. The number of benzene rings is 1. The van der Waals surface area contributed by atoms with Crippen LogP contribution in [0, 0.1) is 46.2 Å². The van der Waals surface area contributed by atoms with Crippen molar-refractivity contribution in [3.63, 3.8) is 0 Å². The van der Waals surface area contributed by atoms with Gasteiger partial charge in [-0.05, 0) is 0 Å². The Hall–Kier alpha value is 0.642. The van der Waals surface area contributed by atoms with E-state index in [0.717, 1.165) is 61.6 Å². The van der Waals surface area contributed by atoms with Gasteiger partial charge in [0.25, 0.3) is 0 Å². The summed E-state index contributed by atoms with van der Waals surface area (Å²) in [6.07, 6.45) is 7.01. The average Bonchev–Trinajstić information content (AvgIpc) is 3.62. The smallest absolute Gasteiger partial charge is 0 e. The van der Waals surface area contributed by atoms with Crippen molar-refractivity contribution < 1.29 is 91.9 Å². The normalized spacial score (nSPS) is 25.7. The number of hydrogen-bond donors (Lipinski definition) is 1. The van der Waals surface area contributed by atoms with Gasteiger partial charge in [0.2, 0.25) is 0 Å². The molecule has 7 rings (SSSR count). The summed E-state index contributed by atoms with van der Waals surface area (Å²) in [6.45, 7) is 5.34. The molecule has 2 bridgehead atoms. The summed E-state index contributed by atoms with van der Waals surface area (Å²) < 4.78 is 27.3. The van der Waals surface area contributed by atoms with Crippen LogP contribution >= 0.6 is 45.5 Å². The Morgan fingerprint density at radius 2 is 1.76 bits per heavy atom. The molecule has 5 aliphatic heterocycles. The Bertz CT molecular complexity index is 1570. The Morgan fingerprint density at radius 3 is 2.43 bits per heavy atom. The van der Waals surface area contributed by atoms with Crippen LogP contribution in [0.25, 0.3) is 0 Å². The van der Waals surface area contributed by atoms with Gasteiger partial charge in [-0.25, -0.2) is 0 Å². The monoisotopic (exact) mass is 1300 g/mol. The van der Waals surface area contributed by atoms with Gasteiger partial charge in [0.15, 0.2) is 0 Å². The van der Waals surface area contributed by atoms with Gasteiger partial charge in [-0.2, -0.15) is 0 Å². The summed E-state index contributed by atoms with van der Waals surface area (Å²) in [6, 6.07) is 9.98. The zero-order valence-corrected chi connectivity index (χ0v) is 40.7. The Kier molecular flexibility index (Phi) is 14.4. The van der Waals surface area contributed by atoms with Crippen LogP contribution in [-0.2, 0) is 21.7 Å². The molecule has 4 fully saturated rings. The molecule has 2 aromatic rings. The third-order valence-corrected chi connectivity index (χ3v) is 19.1. The number of rotatable bonds is 9. The Labute approximate surface area is 367 Å². The summed E-state index contributed by atoms with van der Waals surface area (Å²) in [4.78, 5) is 39.3. The number of hydrogen-bond acceptors (Lipinski definition) is 6. The van der Waals surface area contributed by atoms with Crippen molar-refractivity contribution in [2.45, 2.75) is 83.5 Å². The molecule has 1 aromatic carbocycles. The van der Waals surface area contributed by atoms with Crippen LogP contribution in [-0.4, -0.2) is 119 Å². The van der Waals surface area contributed by atoms with Crippen LogP contribution in [0.15, 0.2) is 23.6 Å². The number of thiophene rings is 1. The predicted octanol–water partition coefficient (Wildman–Crippen LogP) is -0.208. The Morgan fingerprint density at radius 1 is 1.08 bits per heavy atom. The molecule has 4 saturated heterocycles.